The fourth-order valence-electron chi connectivity index (χ4n) is 2.98. The first kappa shape index (κ1) is 19.0. The number of nitrogens with zero attached hydrogens (tertiary/aromatic N) is 1. The first-order valence-electron chi connectivity index (χ1n) is 8.35. The normalized spacial score (nSPS) is 17.4. The summed E-state index contributed by atoms with van der Waals surface area (Å²) in [5.41, 5.74) is 0. The number of halogens is 2. The molecule has 1 heterocycles. The van der Waals surface area contributed by atoms with E-state index in [1.54, 1.807) is 24.3 Å². The molecule has 0 aliphatic carbocycles. The van der Waals surface area contributed by atoms with Crippen molar-refractivity contribution >= 4 is 29.3 Å². The molecule has 4 nitrogen and oxygen atoms in total. The van der Waals surface area contributed by atoms with E-state index < -0.39 is 12.0 Å². The summed E-state index contributed by atoms with van der Waals surface area (Å²) in [6, 6.07) is 11.2. The van der Waals surface area contributed by atoms with Crippen LogP contribution in [-0.2, 0) is 4.79 Å². The van der Waals surface area contributed by atoms with Gasteiger partial charge in [0.2, 0.25) is 0 Å². The molecule has 0 radical (unpaired) electrons. The number of carboxylic acid groups (broad SMARTS) is 1. The third-order valence-corrected chi connectivity index (χ3v) is 5.48. The van der Waals surface area contributed by atoms with Crippen LogP contribution in [0.4, 0.5) is 4.39 Å². The molecule has 1 saturated heterocycles. The predicted molar refractivity (Wildman–Crippen MR) is 99.7 cm³/mol. The molecule has 1 unspecified atom stereocenters. The molecule has 138 valence electrons. The lowest BCUT2D eigenvalue weighted by atomic mass is 10.2. The molecule has 1 fully saturated rings. The zero-order chi connectivity index (χ0) is 18.5. The van der Waals surface area contributed by atoms with E-state index in [1.807, 2.05) is 11.0 Å². The number of carboxylic acids is 1. The molecule has 0 aromatic heterocycles. The van der Waals surface area contributed by atoms with E-state index in [1.165, 1.54) is 23.9 Å². The second-order valence-electron chi connectivity index (χ2n) is 6.03. The Hall–Kier alpha value is -1.76. The average Bonchev–Trinajstić information content (AvgIpc) is 3.06. The molecular formula is C19H19ClFNO3S. The molecule has 1 aliphatic heterocycles. The fraction of sp³-hybridized carbons (Fsp3) is 0.316. The van der Waals surface area contributed by atoms with Gasteiger partial charge in [0.15, 0.2) is 0 Å². The number of hydrogen-bond donors (Lipinski definition) is 1. The largest absolute Gasteiger partial charge is 0.491 e. The van der Waals surface area contributed by atoms with Crippen LogP contribution in [0.15, 0.2) is 52.3 Å². The Morgan fingerprint density at radius 2 is 2.19 bits per heavy atom. The second kappa shape index (κ2) is 8.75. The van der Waals surface area contributed by atoms with Crippen LogP contribution in [-0.4, -0.2) is 41.7 Å². The zero-order valence-corrected chi connectivity index (χ0v) is 15.6. The maximum Gasteiger partial charge on any atom is 0.320 e. The number of hydrogen-bond acceptors (Lipinski definition) is 4. The second-order valence-corrected chi connectivity index (χ2v) is 7.58. The van der Waals surface area contributed by atoms with Crippen molar-refractivity contribution in [1.82, 2.24) is 4.90 Å². The number of likely N-dealkylation sites (tertiary alicyclic amines) is 1. The van der Waals surface area contributed by atoms with E-state index in [0.29, 0.717) is 30.3 Å². The minimum absolute atomic E-state index is 0.298. The number of rotatable bonds is 7. The van der Waals surface area contributed by atoms with Crippen molar-refractivity contribution in [3.8, 4) is 5.75 Å². The van der Waals surface area contributed by atoms with Crippen LogP contribution in [0.3, 0.4) is 0 Å². The van der Waals surface area contributed by atoms with Gasteiger partial charge in [-0.25, -0.2) is 4.39 Å². The van der Waals surface area contributed by atoms with Crippen LogP contribution >= 0.6 is 23.4 Å². The van der Waals surface area contributed by atoms with Gasteiger partial charge >= 0.3 is 5.97 Å². The Balaban J connectivity index is 1.65. The van der Waals surface area contributed by atoms with E-state index >= 15 is 0 Å². The third-order valence-electron chi connectivity index (χ3n) is 4.21. The average molecular weight is 396 g/mol. The van der Waals surface area contributed by atoms with E-state index in [9.17, 15) is 14.3 Å². The van der Waals surface area contributed by atoms with Gasteiger partial charge in [-0.3, -0.25) is 9.69 Å². The summed E-state index contributed by atoms with van der Waals surface area (Å²) in [5, 5.41) is 9.80. The van der Waals surface area contributed by atoms with Crippen LogP contribution < -0.4 is 4.74 Å². The van der Waals surface area contributed by atoms with Crippen LogP contribution in [0.2, 0.25) is 5.02 Å². The Morgan fingerprint density at radius 3 is 2.96 bits per heavy atom. The molecule has 3 rings (SSSR count). The van der Waals surface area contributed by atoms with Crippen molar-refractivity contribution in [2.24, 2.45) is 0 Å². The Morgan fingerprint density at radius 1 is 1.35 bits per heavy atom. The summed E-state index contributed by atoms with van der Waals surface area (Å²) in [7, 11) is 0. The van der Waals surface area contributed by atoms with Crippen LogP contribution in [0.1, 0.15) is 12.8 Å². The molecule has 2 aromatic rings. The molecule has 7 heteroatoms. The van der Waals surface area contributed by atoms with Crippen LogP contribution in [0, 0.1) is 5.82 Å². The minimum Gasteiger partial charge on any atom is -0.491 e. The van der Waals surface area contributed by atoms with Crippen molar-refractivity contribution in [3.63, 3.8) is 0 Å². The lowest BCUT2D eigenvalue weighted by molar-refractivity contribution is -0.142. The van der Waals surface area contributed by atoms with E-state index in [4.69, 9.17) is 16.3 Å². The SMILES string of the molecule is O=C(O)C1CCCN1CCOc1ccc(Cl)cc1Sc1cccc(F)c1. The minimum atomic E-state index is -0.781. The molecule has 1 N–H and O–H groups in total. The molecular weight excluding hydrogens is 377 g/mol. The lowest BCUT2D eigenvalue weighted by Crippen LogP contribution is -2.38. The molecule has 0 amide bonds. The standard InChI is InChI=1S/C19H19ClFNO3S/c20-13-6-7-17(18(11-13)26-15-4-1-3-14(21)12-15)25-10-9-22-8-2-5-16(22)19(23)24/h1,3-4,6-7,11-12,16H,2,5,8-10H2,(H,23,24). The van der Waals surface area contributed by atoms with Crippen molar-refractivity contribution in [2.45, 2.75) is 28.7 Å². The molecule has 0 saturated carbocycles. The topological polar surface area (TPSA) is 49.8 Å². The summed E-state index contributed by atoms with van der Waals surface area (Å²) in [4.78, 5) is 14.7. The maximum atomic E-state index is 13.4. The van der Waals surface area contributed by atoms with Crippen molar-refractivity contribution in [1.29, 1.82) is 0 Å². The maximum absolute atomic E-state index is 13.4. The van der Waals surface area contributed by atoms with Gasteiger partial charge in [-0.05, 0) is 55.8 Å². The Labute approximate surface area is 160 Å². The number of aliphatic carboxylic acids is 1. The highest BCUT2D eigenvalue weighted by Gasteiger charge is 2.29. The molecule has 2 aromatic carbocycles. The number of ether oxygens (including phenoxy) is 1. The highest BCUT2D eigenvalue weighted by atomic mass is 35.5. The van der Waals surface area contributed by atoms with Crippen LogP contribution in [0.5, 0.6) is 5.75 Å². The van der Waals surface area contributed by atoms with Gasteiger partial charge in [-0.1, -0.05) is 29.4 Å². The monoisotopic (exact) mass is 395 g/mol. The quantitative estimate of drug-likeness (QED) is 0.744. The summed E-state index contributed by atoms with van der Waals surface area (Å²) in [6.45, 7) is 1.69. The first-order valence-corrected chi connectivity index (χ1v) is 9.55. The molecule has 26 heavy (non-hydrogen) atoms. The number of benzene rings is 2. The smallest absolute Gasteiger partial charge is 0.320 e. The van der Waals surface area contributed by atoms with Gasteiger partial charge in [-0.15, -0.1) is 0 Å². The van der Waals surface area contributed by atoms with Gasteiger partial charge in [0.1, 0.15) is 24.2 Å². The van der Waals surface area contributed by atoms with Crippen molar-refractivity contribution in [2.75, 3.05) is 19.7 Å². The van der Waals surface area contributed by atoms with Crippen molar-refractivity contribution < 1.29 is 19.0 Å². The highest BCUT2D eigenvalue weighted by molar-refractivity contribution is 7.99. The summed E-state index contributed by atoms with van der Waals surface area (Å²) < 4.78 is 19.3. The third kappa shape index (κ3) is 4.90. The van der Waals surface area contributed by atoms with E-state index in [-0.39, 0.29) is 5.82 Å². The summed E-state index contributed by atoms with van der Waals surface area (Å²) in [5.74, 6) is -0.431. The van der Waals surface area contributed by atoms with E-state index in [0.717, 1.165) is 22.8 Å². The van der Waals surface area contributed by atoms with Crippen LogP contribution in [0.25, 0.3) is 0 Å². The van der Waals surface area contributed by atoms with Gasteiger partial charge in [0, 0.05) is 16.5 Å². The zero-order valence-electron chi connectivity index (χ0n) is 14.0. The van der Waals surface area contributed by atoms with E-state index in [2.05, 4.69) is 0 Å². The van der Waals surface area contributed by atoms with Gasteiger partial charge < -0.3 is 9.84 Å². The van der Waals surface area contributed by atoms with Gasteiger partial charge in [-0.2, -0.15) is 0 Å². The Kier molecular flexibility index (Phi) is 6.40. The number of carbonyl (C=O) groups is 1. The fourth-order valence-corrected chi connectivity index (χ4v) is 4.21. The van der Waals surface area contributed by atoms with Gasteiger partial charge in [0.05, 0.1) is 4.90 Å². The van der Waals surface area contributed by atoms with Gasteiger partial charge in [0.25, 0.3) is 0 Å². The summed E-state index contributed by atoms with van der Waals surface area (Å²) >= 11 is 7.46. The van der Waals surface area contributed by atoms with Crippen molar-refractivity contribution in [3.05, 3.63) is 53.3 Å². The predicted octanol–water partition coefficient (Wildman–Crippen LogP) is 4.56. The molecule has 0 bridgehead atoms. The molecule has 1 aliphatic rings. The molecule has 1 atom stereocenters. The Bertz CT molecular complexity index is 789. The first-order chi connectivity index (χ1) is 12.5. The lowest BCUT2D eigenvalue weighted by Gasteiger charge is -2.21. The summed E-state index contributed by atoms with van der Waals surface area (Å²) in [6.07, 6.45) is 1.57. The molecule has 0 spiro atoms. The highest BCUT2D eigenvalue weighted by Crippen LogP contribution is 2.37.